The summed E-state index contributed by atoms with van der Waals surface area (Å²) in [4.78, 5) is 0. The zero-order valence-electron chi connectivity index (χ0n) is 10.9. The van der Waals surface area contributed by atoms with Gasteiger partial charge in [0.1, 0.15) is 5.76 Å². The predicted molar refractivity (Wildman–Crippen MR) is 75.9 cm³/mol. The average Bonchev–Trinajstić information content (AvgIpc) is 3.06. The van der Waals surface area contributed by atoms with E-state index in [0.29, 0.717) is 11.4 Å². The second kappa shape index (κ2) is 4.96. The van der Waals surface area contributed by atoms with Gasteiger partial charge in [0.2, 0.25) is 5.09 Å². The molecule has 0 fully saturated rings. The van der Waals surface area contributed by atoms with Crippen LogP contribution in [0.15, 0.2) is 39.8 Å². The van der Waals surface area contributed by atoms with Gasteiger partial charge in [-0.15, -0.1) is 0 Å². The summed E-state index contributed by atoms with van der Waals surface area (Å²) in [5.41, 5.74) is 8.49. The molecule has 1 aromatic carbocycles. The third-order valence-electron chi connectivity index (χ3n) is 3.45. The maximum Gasteiger partial charge on any atom is 0.295 e. The molecule has 0 atom stereocenters. The normalized spacial score (nSPS) is 14.2. The van der Waals surface area contributed by atoms with Crippen LogP contribution in [-0.2, 0) is 29.4 Å². The summed E-state index contributed by atoms with van der Waals surface area (Å²) in [5.74, 6) is 0.444. The van der Waals surface area contributed by atoms with Gasteiger partial charge in [-0.3, -0.25) is 4.72 Å². The summed E-state index contributed by atoms with van der Waals surface area (Å²) < 4.78 is 32.1. The zero-order chi connectivity index (χ0) is 14.2. The highest BCUT2D eigenvalue weighted by atomic mass is 32.2. The largest absolute Gasteiger partial charge is 0.446 e. The molecule has 0 spiro atoms. The second-order valence-electron chi connectivity index (χ2n) is 4.87. The SMILES string of the molecule is NCc1ccc(S(=O)(=O)Nc2ccc3c(c2)CCC3)o1. The quantitative estimate of drug-likeness (QED) is 0.903. The summed E-state index contributed by atoms with van der Waals surface area (Å²) >= 11 is 0. The molecule has 1 aliphatic rings. The molecule has 1 heterocycles. The Bertz CT molecular complexity index is 735. The number of hydrogen-bond acceptors (Lipinski definition) is 4. The molecule has 5 nitrogen and oxygen atoms in total. The van der Waals surface area contributed by atoms with E-state index in [1.165, 1.54) is 17.2 Å². The van der Waals surface area contributed by atoms with Crippen molar-refractivity contribution in [3.05, 3.63) is 47.2 Å². The van der Waals surface area contributed by atoms with Crippen molar-refractivity contribution in [2.75, 3.05) is 4.72 Å². The van der Waals surface area contributed by atoms with Crippen molar-refractivity contribution in [1.82, 2.24) is 0 Å². The molecular formula is C14H16N2O3S. The van der Waals surface area contributed by atoms with Crippen LogP contribution in [0.1, 0.15) is 23.3 Å². The minimum absolute atomic E-state index is 0.113. The van der Waals surface area contributed by atoms with Gasteiger partial charge in [0.15, 0.2) is 0 Å². The summed E-state index contributed by atoms with van der Waals surface area (Å²) in [6.07, 6.45) is 3.20. The molecule has 2 aromatic rings. The summed E-state index contributed by atoms with van der Waals surface area (Å²) in [6, 6.07) is 8.64. The van der Waals surface area contributed by atoms with E-state index in [2.05, 4.69) is 4.72 Å². The van der Waals surface area contributed by atoms with Gasteiger partial charge < -0.3 is 10.2 Å². The van der Waals surface area contributed by atoms with Crippen molar-refractivity contribution in [2.24, 2.45) is 5.73 Å². The third-order valence-corrected chi connectivity index (χ3v) is 4.71. The Balaban J connectivity index is 1.86. The van der Waals surface area contributed by atoms with Gasteiger partial charge in [-0.2, -0.15) is 8.42 Å². The van der Waals surface area contributed by atoms with Gasteiger partial charge in [-0.25, -0.2) is 0 Å². The van der Waals surface area contributed by atoms with Gasteiger partial charge in [-0.05, 0) is 54.7 Å². The van der Waals surface area contributed by atoms with Gasteiger partial charge >= 0.3 is 0 Å². The Morgan fingerprint density at radius 3 is 2.70 bits per heavy atom. The lowest BCUT2D eigenvalue weighted by atomic mass is 10.1. The fraction of sp³-hybridized carbons (Fsp3) is 0.286. The Hall–Kier alpha value is -1.79. The van der Waals surface area contributed by atoms with Gasteiger partial charge in [0.05, 0.1) is 6.54 Å². The molecule has 1 aliphatic carbocycles. The maximum atomic E-state index is 12.2. The zero-order valence-corrected chi connectivity index (χ0v) is 11.7. The molecule has 0 radical (unpaired) electrons. The lowest BCUT2D eigenvalue weighted by Crippen LogP contribution is -2.12. The topological polar surface area (TPSA) is 85.3 Å². The standard InChI is InChI=1S/C14H16N2O3S/c15-9-13-6-7-14(19-13)20(17,18)16-12-5-4-10-2-1-3-11(10)8-12/h4-8,16H,1-3,9,15H2. The van der Waals surface area contributed by atoms with Crippen LogP contribution < -0.4 is 10.5 Å². The Morgan fingerprint density at radius 2 is 1.95 bits per heavy atom. The molecule has 3 rings (SSSR count). The first kappa shape index (κ1) is 13.2. The molecule has 1 aromatic heterocycles. The van der Waals surface area contributed by atoms with Crippen LogP contribution in [0.3, 0.4) is 0 Å². The van der Waals surface area contributed by atoms with E-state index < -0.39 is 10.0 Å². The highest BCUT2D eigenvalue weighted by molar-refractivity contribution is 7.92. The number of aryl methyl sites for hydroxylation is 2. The van der Waals surface area contributed by atoms with Crippen LogP contribution in [-0.4, -0.2) is 8.42 Å². The van der Waals surface area contributed by atoms with Gasteiger partial charge in [0.25, 0.3) is 10.0 Å². The van der Waals surface area contributed by atoms with E-state index in [9.17, 15) is 8.42 Å². The van der Waals surface area contributed by atoms with Crippen LogP contribution in [0.5, 0.6) is 0 Å². The minimum Gasteiger partial charge on any atom is -0.446 e. The lowest BCUT2D eigenvalue weighted by Gasteiger charge is -2.07. The molecule has 20 heavy (non-hydrogen) atoms. The number of anilines is 1. The Labute approximate surface area is 117 Å². The van der Waals surface area contributed by atoms with Gasteiger partial charge in [-0.1, -0.05) is 6.07 Å². The van der Waals surface area contributed by atoms with Crippen LogP contribution in [0, 0.1) is 0 Å². The Morgan fingerprint density at radius 1 is 1.15 bits per heavy atom. The monoisotopic (exact) mass is 292 g/mol. The van der Waals surface area contributed by atoms with Crippen molar-refractivity contribution >= 4 is 15.7 Å². The summed E-state index contributed by atoms with van der Waals surface area (Å²) in [7, 11) is -3.69. The van der Waals surface area contributed by atoms with Crippen molar-refractivity contribution in [3.8, 4) is 0 Å². The van der Waals surface area contributed by atoms with Crippen LogP contribution in [0.4, 0.5) is 5.69 Å². The first-order chi connectivity index (χ1) is 9.58. The molecule has 0 saturated carbocycles. The number of fused-ring (bicyclic) bond motifs is 1. The Kier molecular flexibility index (Phi) is 3.27. The summed E-state index contributed by atoms with van der Waals surface area (Å²) in [6.45, 7) is 0.175. The number of furan rings is 1. The molecule has 0 saturated heterocycles. The fourth-order valence-electron chi connectivity index (χ4n) is 2.45. The molecule has 6 heteroatoms. The number of nitrogens with one attached hydrogen (secondary N) is 1. The number of rotatable bonds is 4. The fourth-order valence-corrected chi connectivity index (χ4v) is 3.45. The van der Waals surface area contributed by atoms with Gasteiger partial charge in [0, 0.05) is 5.69 Å². The smallest absolute Gasteiger partial charge is 0.295 e. The van der Waals surface area contributed by atoms with Crippen molar-refractivity contribution in [1.29, 1.82) is 0 Å². The van der Waals surface area contributed by atoms with Crippen molar-refractivity contribution in [2.45, 2.75) is 30.9 Å². The lowest BCUT2D eigenvalue weighted by molar-refractivity contribution is 0.417. The highest BCUT2D eigenvalue weighted by Gasteiger charge is 2.20. The number of benzene rings is 1. The van der Waals surface area contributed by atoms with Crippen LogP contribution in [0.25, 0.3) is 0 Å². The third kappa shape index (κ3) is 2.44. The number of nitrogens with two attached hydrogens (primary N) is 1. The molecule has 3 N–H and O–H groups in total. The first-order valence-electron chi connectivity index (χ1n) is 6.52. The van der Waals surface area contributed by atoms with Crippen LogP contribution >= 0.6 is 0 Å². The van der Waals surface area contributed by atoms with Crippen molar-refractivity contribution < 1.29 is 12.8 Å². The predicted octanol–water partition coefficient (Wildman–Crippen LogP) is 2.03. The second-order valence-corrected chi connectivity index (χ2v) is 6.48. The minimum atomic E-state index is -3.69. The highest BCUT2D eigenvalue weighted by Crippen LogP contribution is 2.26. The molecule has 0 bridgehead atoms. The maximum absolute atomic E-state index is 12.2. The molecule has 0 amide bonds. The molecule has 0 unspecified atom stereocenters. The molecular weight excluding hydrogens is 276 g/mol. The molecule has 106 valence electrons. The van der Waals surface area contributed by atoms with E-state index >= 15 is 0 Å². The van der Waals surface area contributed by atoms with E-state index in [1.807, 2.05) is 12.1 Å². The van der Waals surface area contributed by atoms with Crippen molar-refractivity contribution in [3.63, 3.8) is 0 Å². The van der Waals surface area contributed by atoms with E-state index in [1.54, 1.807) is 12.1 Å². The van der Waals surface area contributed by atoms with E-state index in [-0.39, 0.29) is 11.6 Å². The van der Waals surface area contributed by atoms with E-state index in [0.717, 1.165) is 19.3 Å². The average molecular weight is 292 g/mol. The number of sulfonamides is 1. The van der Waals surface area contributed by atoms with E-state index in [4.69, 9.17) is 10.2 Å². The first-order valence-corrected chi connectivity index (χ1v) is 8.00. The summed E-state index contributed by atoms with van der Waals surface area (Å²) in [5, 5.41) is -0.113. The number of hydrogen-bond donors (Lipinski definition) is 2. The van der Waals surface area contributed by atoms with Crippen LogP contribution in [0.2, 0.25) is 0 Å². The molecule has 0 aliphatic heterocycles.